The molecule has 0 fully saturated rings. The Labute approximate surface area is 75.2 Å². The summed E-state index contributed by atoms with van der Waals surface area (Å²) in [5, 5.41) is 0. The molecule has 4 heavy (non-hydrogen) atoms. The van der Waals surface area contributed by atoms with Crippen LogP contribution in [-0.2, 0) is 76.2 Å². The van der Waals surface area contributed by atoms with Crippen molar-refractivity contribution in [2.24, 2.45) is 0 Å². The quantitative estimate of drug-likeness (QED) is 0.501. The molecule has 0 bridgehead atoms. The van der Waals surface area contributed by atoms with Crippen molar-refractivity contribution in [3.63, 3.8) is 0 Å². The van der Waals surface area contributed by atoms with Crippen LogP contribution in [0.5, 0.6) is 0 Å². The van der Waals surface area contributed by atoms with E-state index < -0.39 is 0 Å². The van der Waals surface area contributed by atoms with Crippen LogP contribution in [0.4, 0.5) is 0 Å². The Morgan fingerprint density at radius 3 is 1.00 bits per heavy atom. The Kier molecular flexibility index (Phi) is 148. The smallest absolute Gasteiger partial charge is 0 e. The van der Waals surface area contributed by atoms with Gasteiger partial charge >= 0.3 is 0 Å². The van der Waals surface area contributed by atoms with Gasteiger partial charge in [0.1, 0.15) is 0 Å². The maximum atomic E-state index is 0. The Morgan fingerprint density at radius 2 is 1.00 bits per heavy atom. The molecule has 0 aromatic heterocycles. The zero-order valence-corrected chi connectivity index (χ0v) is 6.62. The average Bonchev–Trinajstić information content (AvgIpc) is 0. The van der Waals surface area contributed by atoms with Gasteiger partial charge in [0.2, 0.25) is 0 Å². The van der Waals surface area contributed by atoms with Gasteiger partial charge in [0.15, 0.2) is 0 Å². The van der Waals surface area contributed by atoms with Crippen molar-refractivity contribution in [2.75, 3.05) is 0 Å². The van der Waals surface area contributed by atoms with Crippen molar-refractivity contribution in [3.8, 4) is 0 Å². The molecule has 0 aliphatic heterocycles. The van der Waals surface area contributed by atoms with Gasteiger partial charge in [-0.15, -0.1) is 0 Å². The molecule has 29 valence electrons. The molecule has 3 radical (unpaired) electrons. The Hall–Kier alpha value is 2.39. The molecular formula is CoMnNiSc. The van der Waals surface area contributed by atoms with Crippen LogP contribution in [0.15, 0.2) is 0 Å². The summed E-state index contributed by atoms with van der Waals surface area (Å²) in [4.78, 5) is 0. The summed E-state index contributed by atoms with van der Waals surface area (Å²) >= 11 is 0. The van der Waals surface area contributed by atoms with Crippen LogP contribution in [0.25, 0.3) is 0 Å². The molecule has 0 saturated carbocycles. The fourth-order valence-electron chi connectivity index (χ4n) is 0. The predicted molar refractivity (Wildman–Crippen MR) is 0 cm³/mol. The molecule has 0 spiro atoms. The van der Waals surface area contributed by atoms with Crippen LogP contribution in [0.2, 0.25) is 0 Å². The number of rotatable bonds is 0. The van der Waals surface area contributed by atoms with Crippen molar-refractivity contribution < 1.29 is 76.2 Å². The predicted octanol–water partition coefficient (Wildman–Crippen LogP) is -0.0100. The fraction of sp³-hybridized carbons (Fsp3) is 0. The van der Waals surface area contributed by atoms with Crippen LogP contribution >= 0.6 is 0 Å². The van der Waals surface area contributed by atoms with E-state index in [1.54, 1.807) is 0 Å². The molecule has 0 nitrogen and oxygen atoms in total. The van der Waals surface area contributed by atoms with Gasteiger partial charge in [0.05, 0.1) is 0 Å². The summed E-state index contributed by atoms with van der Waals surface area (Å²) < 4.78 is 0. The molecule has 0 aromatic carbocycles. The van der Waals surface area contributed by atoms with Crippen LogP contribution < -0.4 is 0 Å². The van der Waals surface area contributed by atoms with Crippen molar-refractivity contribution in [1.82, 2.24) is 0 Å². The minimum Gasteiger partial charge on any atom is 0 e. The van der Waals surface area contributed by atoms with Gasteiger partial charge in [-0.3, -0.25) is 0 Å². The van der Waals surface area contributed by atoms with Gasteiger partial charge in [-0.2, -0.15) is 0 Å². The average molecular weight is 218 g/mol. The van der Waals surface area contributed by atoms with E-state index in [1.165, 1.54) is 0 Å². The molecule has 0 heterocycles. The Bertz CT molecular complexity index is 8.00. The van der Waals surface area contributed by atoms with Gasteiger partial charge in [-0.25, -0.2) is 0 Å². The Balaban J connectivity index is 0. The van der Waals surface area contributed by atoms with Gasteiger partial charge in [-0.05, 0) is 0 Å². The third kappa shape index (κ3) is 8.83. The number of hydrogen-bond donors (Lipinski definition) is 0. The normalized spacial score (nSPS) is 0. The van der Waals surface area contributed by atoms with Crippen LogP contribution in [0, 0.1) is 0 Å². The first-order valence-electron chi connectivity index (χ1n) is 0. The standard InChI is InChI=1S/Co.Mn.Ni.Sc. The van der Waals surface area contributed by atoms with Crippen LogP contribution in [-0.4, -0.2) is 0 Å². The second-order valence-corrected chi connectivity index (χ2v) is 0. The van der Waals surface area contributed by atoms with E-state index in [2.05, 4.69) is 0 Å². The van der Waals surface area contributed by atoms with E-state index in [0.29, 0.717) is 0 Å². The van der Waals surface area contributed by atoms with Gasteiger partial charge in [0.25, 0.3) is 0 Å². The third-order valence-electron chi connectivity index (χ3n) is 0. The summed E-state index contributed by atoms with van der Waals surface area (Å²) in [7, 11) is 0. The third-order valence-corrected chi connectivity index (χ3v) is 0. The summed E-state index contributed by atoms with van der Waals surface area (Å²) in [6.45, 7) is 0. The monoisotopic (exact) mass is 217 g/mol. The van der Waals surface area contributed by atoms with Crippen LogP contribution in [0.3, 0.4) is 0 Å². The van der Waals surface area contributed by atoms with E-state index in [-0.39, 0.29) is 76.2 Å². The van der Waals surface area contributed by atoms with E-state index in [1.807, 2.05) is 0 Å². The maximum Gasteiger partial charge on any atom is 0 e. The SMILES string of the molecule is [Co].[Mn].[Ni].[Sc]. The summed E-state index contributed by atoms with van der Waals surface area (Å²) in [5.41, 5.74) is 0. The van der Waals surface area contributed by atoms with E-state index >= 15 is 0 Å². The first-order chi connectivity index (χ1) is 0. The van der Waals surface area contributed by atoms with Crippen molar-refractivity contribution in [2.45, 2.75) is 0 Å². The minimum atomic E-state index is 0. The van der Waals surface area contributed by atoms with Gasteiger partial charge < -0.3 is 0 Å². The molecule has 0 aliphatic carbocycles. The molecule has 0 rings (SSSR count). The largest absolute Gasteiger partial charge is 0 e. The number of hydrogen-bond acceptors (Lipinski definition) is 0. The van der Waals surface area contributed by atoms with Crippen molar-refractivity contribution in [1.29, 1.82) is 0 Å². The molecule has 0 saturated heterocycles. The molecule has 0 unspecified atom stereocenters. The fourth-order valence-corrected chi connectivity index (χ4v) is 0. The molecule has 0 amide bonds. The van der Waals surface area contributed by atoms with E-state index in [4.69, 9.17) is 0 Å². The molecule has 0 aromatic rings. The minimum absolute atomic E-state index is 0. The maximum absolute atomic E-state index is 0. The van der Waals surface area contributed by atoms with E-state index in [9.17, 15) is 0 Å². The van der Waals surface area contributed by atoms with Gasteiger partial charge in [-0.1, -0.05) is 0 Å². The molecule has 0 N–H and O–H groups in total. The molecule has 0 aliphatic rings. The van der Waals surface area contributed by atoms with Crippen molar-refractivity contribution >= 4 is 0 Å². The summed E-state index contributed by atoms with van der Waals surface area (Å²) in [6, 6.07) is 0. The van der Waals surface area contributed by atoms with Crippen LogP contribution in [0.1, 0.15) is 0 Å². The van der Waals surface area contributed by atoms with Gasteiger partial charge in [0, 0.05) is 76.2 Å². The topological polar surface area (TPSA) is 0 Å². The summed E-state index contributed by atoms with van der Waals surface area (Å²) in [5.74, 6) is 0. The second-order valence-electron chi connectivity index (χ2n) is 0. The Morgan fingerprint density at radius 1 is 1.00 bits per heavy atom. The second kappa shape index (κ2) is 18.2. The first-order valence-corrected chi connectivity index (χ1v) is 0. The summed E-state index contributed by atoms with van der Waals surface area (Å²) in [6.07, 6.45) is 0. The zero-order chi connectivity index (χ0) is 0. The molecular weight excluding hydrogens is 218 g/mol. The molecule has 0 atom stereocenters. The molecule has 4 heteroatoms. The van der Waals surface area contributed by atoms with E-state index in [0.717, 1.165) is 0 Å². The first kappa shape index (κ1) is 32.5. The zero-order valence-electron chi connectivity index (χ0n) is 1.60. The van der Waals surface area contributed by atoms with Crippen molar-refractivity contribution in [3.05, 3.63) is 0 Å².